The van der Waals surface area contributed by atoms with Gasteiger partial charge in [-0.3, -0.25) is 4.79 Å². The van der Waals surface area contributed by atoms with E-state index in [1.807, 2.05) is 48.5 Å². The second-order valence-electron chi connectivity index (χ2n) is 8.73. The number of alkyl carbamates (subject to hydrolysis) is 1. The van der Waals surface area contributed by atoms with Gasteiger partial charge in [0.05, 0.1) is 6.61 Å². The number of hydrogen-bond donors (Lipinski definition) is 6. The number of aliphatic hydroxyl groups is 3. The monoisotopic (exact) mass is 500 g/mol. The molecule has 0 bridgehead atoms. The number of amides is 2. The molecule has 1 fully saturated rings. The van der Waals surface area contributed by atoms with Crippen LogP contribution in [-0.2, 0) is 19.1 Å². The van der Waals surface area contributed by atoms with E-state index in [-0.39, 0.29) is 25.4 Å². The molecule has 2 aromatic rings. The summed E-state index contributed by atoms with van der Waals surface area (Å²) in [5, 5.41) is 42.8. The van der Waals surface area contributed by atoms with E-state index < -0.39 is 55.2 Å². The number of hydrogen-bond acceptors (Lipinski definition) is 8. The number of carbonyl (C=O) groups excluding carboxylic acids is 2. The van der Waals surface area contributed by atoms with Gasteiger partial charge < -0.3 is 40.5 Å². The molecule has 1 unspecified atom stereocenters. The SMILES string of the molecule is O=C(CC[C@H](NC(=O)OCC1c2ccccc2-c2ccccc21)C(=O)O)NC1O[C@H](CO)[C@@H](O)[C@H]1O. The highest BCUT2D eigenvalue weighted by atomic mass is 16.6. The quantitative estimate of drug-likeness (QED) is 0.283. The first kappa shape index (κ1) is 25.6. The average molecular weight is 501 g/mol. The molecule has 1 saturated heterocycles. The summed E-state index contributed by atoms with van der Waals surface area (Å²) >= 11 is 0. The van der Waals surface area contributed by atoms with Crippen LogP contribution in [-0.4, -0.2) is 82.2 Å². The summed E-state index contributed by atoms with van der Waals surface area (Å²) in [6.07, 6.45) is -6.60. The molecule has 4 rings (SSSR count). The summed E-state index contributed by atoms with van der Waals surface area (Å²) < 4.78 is 10.5. The van der Waals surface area contributed by atoms with Gasteiger partial charge in [0.25, 0.3) is 0 Å². The highest BCUT2D eigenvalue weighted by Gasteiger charge is 2.43. The molecule has 36 heavy (non-hydrogen) atoms. The molecule has 2 aromatic carbocycles. The maximum atomic E-state index is 12.4. The fourth-order valence-corrected chi connectivity index (χ4v) is 4.56. The summed E-state index contributed by atoms with van der Waals surface area (Å²) in [7, 11) is 0. The van der Waals surface area contributed by atoms with Gasteiger partial charge in [0.15, 0.2) is 6.23 Å². The third-order valence-electron chi connectivity index (χ3n) is 6.44. The zero-order valence-corrected chi connectivity index (χ0v) is 19.2. The molecule has 192 valence electrons. The third kappa shape index (κ3) is 5.34. The average Bonchev–Trinajstić information content (AvgIpc) is 3.34. The highest BCUT2D eigenvalue weighted by molar-refractivity contribution is 5.82. The minimum absolute atomic E-state index is 0.0118. The van der Waals surface area contributed by atoms with E-state index in [9.17, 15) is 29.7 Å². The van der Waals surface area contributed by atoms with E-state index in [2.05, 4.69) is 10.6 Å². The van der Waals surface area contributed by atoms with E-state index in [0.29, 0.717) is 0 Å². The second-order valence-corrected chi connectivity index (χ2v) is 8.73. The van der Waals surface area contributed by atoms with Crippen molar-refractivity contribution in [1.82, 2.24) is 10.6 Å². The van der Waals surface area contributed by atoms with Gasteiger partial charge in [-0.1, -0.05) is 48.5 Å². The van der Waals surface area contributed by atoms with Crippen molar-refractivity contribution in [3.8, 4) is 11.1 Å². The lowest BCUT2D eigenvalue weighted by atomic mass is 9.98. The van der Waals surface area contributed by atoms with Gasteiger partial charge in [-0.05, 0) is 28.7 Å². The molecular formula is C25H28N2O9. The van der Waals surface area contributed by atoms with Crippen LogP contribution >= 0.6 is 0 Å². The van der Waals surface area contributed by atoms with Gasteiger partial charge in [-0.15, -0.1) is 0 Å². The Bertz CT molecular complexity index is 1080. The topological polar surface area (TPSA) is 175 Å². The molecule has 11 heteroatoms. The van der Waals surface area contributed by atoms with Crippen molar-refractivity contribution in [2.24, 2.45) is 0 Å². The lowest BCUT2D eigenvalue weighted by molar-refractivity contribution is -0.139. The molecular weight excluding hydrogens is 472 g/mol. The number of benzene rings is 2. The number of carboxylic acid groups (broad SMARTS) is 1. The third-order valence-corrected chi connectivity index (χ3v) is 6.44. The summed E-state index contributed by atoms with van der Waals surface area (Å²) in [6.45, 7) is -0.534. The van der Waals surface area contributed by atoms with Crippen molar-refractivity contribution in [2.75, 3.05) is 13.2 Å². The van der Waals surface area contributed by atoms with E-state index in [1.54, 1.807) is 0 Å². The van der Waals surface area contributed by atoms with Gasteiger partial charge in [-0.2, -0.15) is 0 Å². The van der Waals surface area contributed by atoms with Gasteiger partial charge in [0.1, 0.15) is 31.0 Å². The van der Waals surface area contributed by atoms with Crippen LogP contribution in [0.2, 0.25) is 0 Å². The number of carbonyl (C=O) groups is 3. The minimum Gasteiger partial charge on any atom is -0.480 e. The maximum absolute atomic E-state index is 12.4. The lowest BCUT2D eigenvalue weighted by Gasteiger charge is -2.19. The standard InChI is InChI=1S/C25H28N2O9/c28-11-19-21(30)22(31)23(36-19)27-20(29)10-9-18(24(32)33)26-25(34)35-12-17-15-7-3-1-5-13(15)14-6-2-4-8-16(14)17/h1-8,17-19,21-23,28,30-31H,9-12H2,(H,26,34)(H,27,29)(H,32,33)/t18-,19+,21+,22+,23?/m0/s1. The lowest BCUT2D eigenvalue weighted by Crippen LogP contribution is -2.45. The Morgan fingerprint density at radius 2 is 1.58 bits per heavy atom. The van der Waals surface area contributed by atoms with Crippen molar-refractivity contribution >= 4 is 18.0 Å². The molecule has 0 aromatic heterocycles. The van der Waals surface area contributed by atoms with Crippen molar-refractivity contribution in [2.45, 2.75) is 49.3 Å². The molecule has 0 radical (unpaired) electrons. The fraction of sp³-hybridized carbons (Fsp3) is 0.400. The predicted octanol–water partition coefficient (Wildman–Crippen LogP) is 0.314. The van der Waals surface area contributed by atoms with Crippen molar-refractivity contribution in [3.63, 3.8) is 0 Å². The molecule has 6 N–H and O–H groups in total. The molecule has 2 aliphatic rings. The second kappa shape index (κ2) is 11.0. The van der Waals surface area contributed by atoms with E-state index in [1.165, 1.54) is 0 Å². The van der Waals surface area contributed by atoms with Crippen LogP contribution in [0.15, 0.2) is 48.5 Å². The Balaban J connectivity index is 1.29. The Morgan fingerprint density at radius 1 is 0.972 bits per heavy atom. The van der Waals surface area contributed by atoms with Crippen LogP contribution in [0.25, 0.3) is 11.1 Å². The van der Waals surface area contributed by atoms with Crippen molar-refractivity contribution in [1.29, 1.82) is 0 Å². The molecule has 1 heterocycles. The molecule has 1 aliphatic carbocycles. The van der Waals surface area contributed by atoms with E-state index in [0.717, 1.165) is 22.3 Å². The minimum atomic E-state index is -1.44. The van der Waals surface area contributed by atoms with Crippen LogP contribution in [0.5, 0.6) is 0 Å². The van der Waals surface area contributed by atoms with Crippen molar-refractivity contribution < 1.29 is 44.3 Å². The molecule has 11 nitrogen and oxygen atoms in total. The summed E-state index contributed by atoms with van der Waals surface area (Å²) in [5.41, 5.74) is 4.15. The number of carboxylic acids is 1. The smallest absolute Gasteiger partial charge is 0.407 e. The fourth-order valence-electron chi connectivity index (χ4n) is 4.56. The van der Waals surface area contributed by atoms with Crippen molar-refractivity contribution in [3.05, 3.63) is 59.7 Å². The molecule has 0 spiro atoms. The Labute approximate surface area is 206 Å². The van der Waals surface area contributed by atoms with Gasteiger partial charge in [0.2, 0.25) is 5.91 Å². The number of fused-ring (bicyclic) bond motifs is 3. The van der Waals surface area contributed by atoms with E-state index in [4.69, 9.17) is 14.6 Å². The largest absolute Gasteiger partial charge is 0.480 e. The van der Waals surface area contributed by atoms with Gasteiger partial charge in [0, 0.05) is 12.3 Å². The first-order chi connectivity index (χ1) is 17.3. The Morgan fingerprint density at radius 3 is 2.14 bits per heavy atom. The molecule has 0 saturated carbocycles. The van der Waals surface area contributed by atoms with Crippen LogP contribution in [0.1, 0.15) is 29.9 Å². The maximum Gasteiger partial charge on any atom is 0.407 e. The molecule has 1 aliphatic heterocycles. The summed E-state index contributed by atoms with van der Waals surface area (Å²) in [6, 6.07) is 14.2. The van der Waals surface area contributed by atoms with E-state index >= 15 is 0 Å². The zero-order chi connectivity index (χ0) is 25.8. The highest BCUT2D eigenvalue weighted by Crippen LogP contribution is 2.44. The van der Waals surface area contributed by atoms with Crippen LogP contribution < -0.4 is 10.6 Å². The Hall–Kier alpha value is -3.51. The zero-order valence-electron chi connectivity index (χ0n) is 19.2. The number of nitrogens with one attached hydrogen (secondary N) is 2. The number of rotatable bonds is 9. The number of aliphatic carboxylic acids is 1. The Kier molecular flexibility index (Phi) is 7.85. The normalized spacial score (nSPS) is 23.4. The van der Waals surface area contributed by atoms with Gasteiger partial charge >= 0.3 is 12.1 Å². The van der Waals surface area contributed by atoms with Crippen LogP contribution in [0.3, 0.4) is 0 Å². The van der Waals surface area contributed by atoms with Gasteiger partial charge in [-0.25, -0.2) is 9.59 Å². The van der Waals surface area contributed by atoms with Crippen LogP contribution in [0.4, 0.5) is 4.79 Å². The summed E-state index contributed by atoms with van der Waals surface area (Å²) in [5.74, 6) is -2.19. The number of aliphatic hydroxyl groups excluding tert-OH is 3. The molecule has 2 amide bonds. The number of ether oxygens (including phenoxy) is 2. The summed E-state index contributed by atoms with van der Waals surface area (Å²) in [4.78, 5) is 36.2. The first-order valence-electron chi connectivity index (χ1n) is 11.6. The first-order valence-corrected chi connectivity index (χ1v) is 11.6. The predicted molar refractivity (Wildman–Crippen MR) is 125 cm³/mol. The van der Waals surface area contributed by atoms with Crippen LogP contribution in [0, 0.1) is 0 Å². The molecule has 5 atom stereocenters.